The number of hydrogen-bond acceptors (Lipinski definition) is 6. The maximum Gasteiger partial charge on any atom is 0.272 e. The maximum atomic E-state index is 12.8. The van der Waals surface area contributed by atoms with Crippen molar-refractivity contribution in [2.45, 2.75) is 13.8 Å². The lowest BCUT2D eigenvalue weighted by Crippen LogP contribution is -2.49. The molecule has 1 N–H and O–H groups in total. The summed E-state index contributed by atoms with van der Waals surface area (Å²) in [5, 5.41) is 2.82. The summed E-state index contributed by atoms with van der Waals surface area (Å²) in [7, 11) is 0. The minimum Gasteiger partial charge on any atom is -0.350 e. The molecule has 1 aliphatic rings. The molecule has 0 unspecified atom stereocenters. The third-order valence-corrected chi connectivity index (χ3v) is 4.27. The normalized spacial score (nSPS) is 14.3. The van der Waals surface area contributed by atoms with Crippen molar-refractivity contribution in [3.8, 4) is 0 Å². The number of carbonyl (C=O) groups is 2. The summed E-state index contributed by atoms with van der Waals surface area (Å²) in [4.78, 5) is 41.5. The Morgan fingerprint density at radius 2 is 1.70 bits per heavy atom. The standard InChI is InChI=1S/C19H24N6O2/c1-14(2)13-22-17(26)15-5-3-6-16(23-15)18(27)24-9-11-25(12-10-24)19-20-7-4-8-21-19/h3-8,14H,9-13H2,1-2H3,(H,22,26). The number of pyridine rings is 1. The fourth-order valence-electron chi connectivity index (χ4n) is 2.79. The number of hydrogen-bond donors (Lipinski definition) is 1. The van der Waals surface area contributed by atoms with Gasteiger partial charge in [-0.05, 0) is 24.1 Å². The smallest absolute Gasteiger partial charge is 0.272 e. The van der Waals surface area contributed by atoms with Crippen LogP contribution >= 0.6 is 0 Å². The first-order valence-corrected chi connectivity index (χ1v) is 9.11. The molecule has 8 nitrogen and oxygen atoms in total. The van der Waals surface area contributed by atoms with E-state index in [1.807, 2.05) is 18.7 Å². The van der Waals surface area contributed by atoms with E-state index in [0.29, 0.717) is 44.6 Å². The van der Waals surface area contributed by atoms with E-state index in [1.165, 1.54) is 0 Å². The van der Waals surface area contributed by atoms with E-state index in [1.54, 1.807) is 41.6 Å². The third-order valence-electron chi connectivity index (χ3n) is 4.27. The first-order valence-electron chi connectivity index (χ1n) is 9.11. The Labute approximate surface area is 158 Å². The highest BCUT2D eigenvalue weighted by atomic mass is 16.2. The number of piperazine rings is 1. The third kappa shape index (κ3) is 4.78. The summed E-state index contributed by atoms with van der Waals surface area (Å²) in [6.07, 6.45) is 3.42. The molecule has 1 aliphatic heterocycles. The van der Waals surface area contributed by atoms with E-state index in [9.17, 15) is 9.59 Å². The van der Waals surface area contributed by atoms with E-state index in [4.69, 9.17) is 0 Å². The van der Waals surface area contributed by atoms with Gasteiger partial charge in [-0.1, -0.05) is 19.9 Å². The summed E-state index contributed by atoms with van der Waals surface area (Å²) in [5.41, 5.74) is 0.550. The van der Waals surface area contributed by atoms with Crippen LogP contribution in [0.1, 0.15) is 34.8 Å². The van der Waals surface area contributed by atoms with Gasteiger partial charge in [-0.15, -0.1) is 0 Å². The first kappa shape index (κ1) is 18.8. The zero-order valence-electron chi connectivity index (χ0n) is 15.6. The number of rotatable bonds is 5. The predicted molar refractivity (Wildman–Crippen MR) is 102 cm³/mol. The molecule has 0 bridgehead atoms. The van der Waals surface area contributed by atoms with Crippen LogP contribution in [-0.4, -0.2) is 64.4 Å². The van der Waals surface area contributed by atoms with Crippen molar-refractivity contribution < 1.29 is 9.59 Å². The molecule has 1 saturated heterocycles. The quantitative estimate of drug-likeness (QED) is 0.853. The van der Waals surface area contributed by atoms with Crippen LogP contribution in [0.2, 0.25) is 0 Å². The molecule has 1 fully saturated rings. The van der Waals surface area contributed by atoms with Gasteiger partial charge in [-0.3, -0.25) is 9.59 Å². The molecule has 0 saturated carbocycles. The minimum atomic E-state index is -0.260. The van der Waals surface area contributed by atoms with Crippen molar-refractivity contribution in [1.29, 1.82) is 0 Å². The van der Waals surface area contributed by atoms with E-state index < -0.39 is 0 Å². The van der Waals surface area contributed by atoms with Crippen LogP contribution in [0, 0.1) is 5.92 Å². The Bertz CT molecular complexity index is 788. The molecule has 8 heteroatoms. The van der Waals surface area contributed by atoms with Crippen molar-refractivity contribution in [3.63, 3.8) is 0 Å². The molecule has 2 aromatic heterocycles. The van der Waals surface area contributed by atoms with Gasteiger partial charge in [0.2, 0.25) is 5.95 Å². The highest BCUT2D eigenvalue weighted by molar-refractivity contribution is 5.96. The molecule has 0 radical (unpaired) electrons. The summed E-state index contributed by atoms with van der Waals surface area (Å²) in [6, 6.07) is 6.74. The monoisotopic (exact) mass is 368 g/mol. The Morgan fingerprint density at radius 3 is 2.37 bits per heavy atom. The Balaban J connectivity index is 1.61. The maximum absolute atomic E-state index is 12.8. The second kappa shape index (κ2) is 8.57. The molecular formula is C19H24N6O2. The van der Waals surface area contributed by atoms with E-state index >= 15 is 0 Å². The lowest BCUT2D eigenvalue weighted by atomic mass is 10.2. The zero-order valence-corrected chi connectivity index (χ0v) is 15.6. The van der Waals surface area contributed by atoms with Crippen molar-refractivity contribution in [2.75, 3.05) is 37.6 Å². The van der Waals surface area contributed by atoms with Gasteiger partial charge in [-0.25, -0.2) is 15.0 Å². The lowest BCUT2D eigenvalue weighted by Gasteiger charge is -2.34. The Morgan fingerprint density at radius 1 is 1.04 bits per heavy atom. The van der Waals surface area contributed by atoms with Crippen LogP contribution in [0.15, 0.2) is 36.7 Å². The topological polar surface area (TPSA) is 91.3 Å². The lowest BCUT2D eigenvalue weighted by molar-refractivity contribution is 0.0740. The van der Waals surface area contributed by atoms with Crippen LogP contribution in [0.4, 0.5) is 5.95 Å². The summed E-state index contributed by atoms with van der Waals surface area (Å²) in [5.74, 6) is 0.599. The molecular weight excluding hydrogens is 344 g/mol. The van der Waals surface area contributed by atoms with Gasteiger partial charge in [0, 0.05) is 45.1 Å². The van der Waals surface area contributed by atoms with Crippen molar-refractivity contribution in [3.05, 3.63) is 48.0 Å². The van der Waals surface area contributed by atoms with Gasteiger partial charge in [0.15, 0.2) is 0 Å². The molecule has 27 heavy (non-hydrogen) atoms. The number of nitrogens with zero attached hydrogens (tertiary/aromatic N) is 5. The van der Waals surface area contributed by atoms with Crippen molar-refractivity contribution in [1.82, 2.24) is 25.2 Å². The molecule has 3 heterocycles. The number of anilines is 1. The van der Waals surface area contributed by atoms with E-state index in [-0.39, 0.29) is 23.2 Å². The number of carbonyl (C=O) groups excluding carboxylic acids is 2. The van der Waals surface area contributed by atoms with E-state index in [2.05, 4.69) is 20.3 Å². The molecule has 142 valence electrons. The fourth-order valence-corrected chi connectivity index (χ4v) is 2.79. The fraction of sp³-hybridized carbons (Fsp3) is 0.421. The summed E-state index contributed by atoms with van der Waals surface area (Å²) in [6.45, 7) is 7.05. The van der Waals surface area contributed by atoms with Crippen molar-refractivity contribution in [2.24, 2.45) is 5.92 Å². The second-order valence-corrected chi connectivity index (χ2v) is 6.84. The molecule has 2 amide bonds. The minimum absolute atomic E-state index is 0.165. The number of nitrogens with one attached hydrogen (secondary N) is 1. The summed E-state index contributed by atoms with van der Waals surface area (Å²) >= 11 is 0. The molecule has 0 atom stereocenters. The highest BCUT2D eigenvalue weighted by Gasteiger charge is 2.24. The van der Waals surface area contributed by atoms with Gasteiger partial charge in [0.05, 0.1) is 0 Å². The summed E-state index contributed by atoms with van der Waals surface area (Å²) < 4.78 is 0. The van der Waals surface area contributed by atoms with E-state index in [0.717, 1.165) is 0 Å². The molecule has 2 aromatic rings. The highest BCUT2D eigenvalue weighted by Crippen LogP contribution is 2.12. The first-order chi connectivity index (χ1) is 13.0. The van der Waals surface area contributed by atoms with Crippen LogP contribution in [0.25, 0.3) is 0 Å². The Kier molecular flexibility index (Phi) is 5.95. The largest absolute Gasteiger partial charge is 0.350 e. The van der Waals surface area contributed by atoms with Gasteiger partial charge >= 0.3 is 0 Å². The Hall–Kier alpha value is -3.03. The van der Waals surface area contributed by atoms with Crippen LogP contribution in [0.5, 0.6) is 0 Å². The van der Waals surface area contributed by atoms with Crippen LogP contribution in [0.3, 0.4) is 0 Å². The zero-order chi connectivity index (χ0) is 19.2. The van der Waals surface area contributed by atoms with Gasteiger partial charge in [-0.2, -0.15) is 0 Å². The number of aromatic nitrogens is 3. The van der Waals surface area contributed by atoms with Crippen LogP contribution in [-0.2, 0) is 0 Å². The molecule has 3 rings (SSSR count). The van der Waals surface area contributed by atoms with Gasteiger partial charge in [0.25, 0.3) is 11.8 Å². The van der Waals surface area contributed by atoms with Crippen LogP contribution < -0.4 is 10.2 Å². The molecule has 0 aromatic carbocycles. The van der Waals surface area contributed by atoms with Crippen molar-refractivity contribution >= 4 is 17.8 Å². The SMILES string of the molecule is CC(C)CNC(=O)c1cccc(C(=O)N2CCN(c3ncccn3)CC2)n1. The van der Waals surface area contributed by atoms with Gasteiger partial charge in [0.1, 0.15) is 11.4 Å². The predicted octanol–water partition coefficient (Wildman–Crippen LogP) is 1.22. The second-order valence-electron chi connectivity index (χ2n) is 6.84. The van der Waals surface area contributed by atoms with Gasteiger partial charge < -0.3 is 15.1 Å². The molecule has 0 aliphatic carbocycles. The average molecular weight is 368 g/mol. The average Bonchev–Trinajstić information content (AvgIpc) is 2.72. The number of amides is 2. The molecule has 0 spiro atoms.